The van der Waals surface area contributed by atoms with Crippen molar-refractivity contribution in [1.29, 1.82) is 0 Å². The predicted octanol–water partition coefficient (Wildman–Crippen LogP) is 2.59. The molecule has 0 bridgehead atoms. The van der Waals surface area contributed by atoms with Crippen molar-refractivity contribution in [2.24, 2.45) is 0 Å². The number of ether oxygens (including phenoxy) is 1. The first-order valence-electron chi connectivity index (χ1n) is 9.46. The molecule has 0 saturated carbocycles. The van der Waals surface area contributed by atoms with Gasteiger partial charge in [0.2, 0.25) is 15.9 Å². The average molecular weight is 458 g/mol. The lowest BCUT2D eigenvalue weighted by atomic mass is 10.1. The highest BCUT2D eigenvalue weighted by molar-refractivity contribution is 7.89. The summed E-state index contributed by atoms with van der Waals surface area (Å²) < 4.78 is 67.3. The second-order valence-corrected chi connectivity index (χ2v) is 8.86. The van der Waals surface area contributed by atoms with Crippen LogP contribution in [0.25, 0.3) is 0 Å². The highest BCUT2D eigenvalue weighted by Crippen LogP contribution is 2.27. The van der Waals surface area contributed by atoms with Gasteiger partial charge >= 0.3 is 6.36 Å². The topological polar surface area (TPSA) is 95.9 Å². The van der Waals surface area contributed by atoms with Crippen LogP contribution in [0.1, 0.15) is 24.5 Å². The third-order valence-corrected chi connectivity index (χ3v) is 6.75. The molecule has 31 heavy (non-hydrogen) atoms. The van der Waals surface area contributed by atoms with E-state index in [1.807, 2.05) is 0 Å². The SMILES string of the molecule is O=C(NCC(O)c1ccc(OC(F)(F)F)cc1)C1CCCN1S(=O)(=O)c1ccccc1. The van der Waals surface area contributed by atoms with Crippen molar-refractivity contribution >= 4 is 15.9 Å². The molecular formula is C20H21F3N2O5S. The fraction of sp³-hybridized carbons (Fsp3) is 0.350. The van der Waals surface area contributed by atoms with Crippen LogP contribution in [0.2, 0.25) is 0 Å². The van der Waals surface area contributed by atoms with Crippen molar-refractivity contribution in [2.45, 2.75) is 36.2 Å². The fourth-order valence-electron chi connectivity index (χ4n) is 3.34. The second-order valence-electron chi connectivity index (χ2n) is 6.96. The Hall–Kier alpha value is -2.63. The Labute approximate surface area is 177 Å². The molecular weight excluding hydrogens is 437 g/mol. The molecule has 1 fully saturated rings. The van der Waals surface area contributed by atoms with E-state index in [0.717, 1.165) is 16.4 Å². The van der Waals surface area contributed by atoms with Crippen LogP contribution in [-0.4, -0.2) is 49.2 Å². The molecule has 1 amide bonds. The van der Waals surface area contributed by atoms with E-state index in [4.69, 9.17) is 0 Å². The van der Waals surface area contributed by atoms with Gasteiger partial charge in [0.1, 0.15) is 11.8 Å². The molecule has 7 nitrogen and oxygen atoms in total. The molecule has 0 radical (unpaired) electrons. The molecule has 2 aromatic rings. The molecule has 1 aliphatic heterocycles. The van der Waals surface area contributed by atoms with Crippen molar-refractivity contribution < 1.29 is 36.2 Å². The van der Waals surface area contributed by atoms with Crippen LogP contribution >= 0.6 is 0 Å². The number of rotatable bonds is 7. The average Bonchev–Trinajstić information content (AvgIpc) is 3.23. The van der Waals surface area contributed by atoms with Gasteiger partial charge in [-0.15, -0.1) is 13.2 Å². The van der Waals surface area contributed by atoms with Crippen molar-refractivity contribution in [3.63, 3.8) is 0 Å². The molecule has 0 spiro atoms. The van der Waals surface area contributed by atoms with Gasteiger partial charge in [-0.3, -0.25) is 4.79 Å². The van der Waals surface area contributed by atoms with Crippen LogP contribution in [0.5, 0.6) is 5.75 Å². The molecule has 2 N–H and O–H groups in total. The second kappa shape index (κ2) is 9.25. The number of benzene rings is 2. The van der Waals surface area contributed by atoms with E-state index in [9.17, 15) is 31.5 Å². The zero-order valence-corrected chi connectivity index (χ0v) is 17.1. The quantitative estimate of drug-likeness (QED) is 0.665. The number of halogens is 3. The van der Waals surface area contributed by atoms with E-state index in [2.05, 4.69) is 10.1 Å². The minimum Gasteiger partial charge on any atom is -0.406 e. The summed E-state index contributed by atoms with van der Waals surface area (Å²) in [5.74, 6) is -0.978. The van der Waals surface area contributed by atoms with E-state index in [-0.39, 0.29) is 23.5 Å². The van der Waals surface area contributed by atoms with Gasteiger partial charge in [-0.25, -0.2) is 8.42 Å². The highest BCUT2D eigenvalue weighted by atomic mass is 32.2. The van der Waals surface area contributed by atoms with E-state index in [1.165, 1.54) is 24.3 Å². The number of nitrogens with zero attached hydrogens (tertiary/aromatic N) is 1. The molecule has 3 rings (SSSR count). The van der Waals surface area contributed by atoms with Gasteiger partial charge in [-0.2, -0.15) is 4.31 Å². The van der Waals surface area contributed by atoms with Crippen molar-refractivity contribution in [3.8, 4) is 5.75 Å². The smallest absolute Gasteiger partial charge is 0.406 e. The Morgan fingerprint density at radius 2 is 1.81 bits per heavy atom. The van der Waals surface area contributed by atoms with E-state index < -0.39 is 40.2 Å². The van der Waals surface area contributed by atoms with E-state index >= 15 is 0 Å². The maximum absolute atomic E-state index is 12.8. The van der Waals surface area contributed by atoms with Gasteiger partial charge in [0, 0.05) is 13.1 Å². The molecule has 1 heterocycles. The fourth-order valence-corrected chi connectivity index (χ4v) is 5.02. The molecule has 1 saturated heterocycles. The number of hydrogen-bond acceptors (Lipinski definition) is 5. The summed E-state index contributed by atoms with van der Waals surface area (Å²) in [7, 11) is -3.84. The van der Waals surface area contributed by atoms with Gasteiger partial charge < -0.3 is 15.2 Å². The summed E-state index contributed by atoms with van der Waals surface area (Å²) >= 11 is 0. The monoisotopic (exact) mass is 458 g/mol. The zero-order valence-electron chi connectivity index (χ0n) is 16.2. The van der Waals surface area contributed by atoms with Crippen molar-refractivity contribution in [3.05, 3.63) is 60.2 Å². The number of amides is 1. The number of sulfonamides is 1. The number of alkyl halides is 3. The maximum Gasteiger partial charge on any atom is 0.573 e. The van der Waals surface area contributed by atoms with Crippen LogP contribution in [0, 0.1) is 0 Å². The summed E-state index contributed by atoms with van der Waals surface area (Å²) in [6.07, 6.45) is -5.14. The predicted molar refractivity (Wildman–Crippen MR) is 104 cm³/mol. The minimum absolute atomic E-state index is 0.0934. The van der Waals surface area contributed by atoms with Crippen LogP contribution in [-0.2, 0) is 14.8 Å². The molecule has 168 valence electrons. The van der Waals surface area contributed by atoms with Crippen LogP contribution in [0.15, 0.2) is 59.5 Å². The summed E-state index contributed by atoms with van der Waals surface area (Å²) in [6.45, 7) is -0.0213. The summed E-state index contributed by atoms with van der Waals surface area (Å²) in [5.41, 5.74) is 0.273. The van der Waals surface area contributed by atoms with E-state index in [1.54, 1.807) is 18.2 Å². The van der Waals surface area contributed by atoms with Crippen LogP contribution in [0.3, 0.4) is 0 Å². The summed E-state index contributed by atoms with van der Waals surface area (Å²) in [5, 5.41) is 12.8. The first-order valence-corrected chi connectivity index (χ1v) is 10.9. The molecule has 11 heteroatoms. The number of carbonyl (C=O) groups is 1. The standard InChI is InChI=1S/C20H21F3N2O5S/c21-20(22,23)30-15-10-8-14(9-11-15)18(26)13-24-19(27)17-7-4-12-25(17)31(28,29)16-5-2-1-3-6-16/h1-3,5-6,8-11,17-18,26H,4,7,12-13H2,(H,24,27). The normalized spacial score (nSPS) is 18.5. The van der Waals surface area contributed by atoms with Crippen molar-refractivity contribution in [1.82, 2.24) is 9.62 Å². The Morgan fingerprint density at radius 3 is 2.42 bits per heavy atom. The Bertz CT molecular complexity index is 998. The number of aliphatic hydroxyl groups is 1. The number of nitrogens with one attached hydrogen (secondary N) is 1. The van der Waals surface area contributed by atoms with Crippen LogP contribution < -0.4 is 10.1 Å². The highest BCUT2D eigenvalue weighted by Gasteiger charge is 2.39. The Morgan fingerprint density at radius 1 is 1.16 bits per heavy atom. The number of hydrogen-bond donors (Lipinski definition) is 2. The van der Waals surface area contributed by atoms with Crippen molar-refractivity contribution in [2.75, 3.05) is 13.1 Å². The van der Waals surface area contributed by atoms with Gasteiger partial charge in [-0.1, -0.05) is 30.3 Å². The van der Waals surface area contributed by atoms with Gasteiger partial charge in [-0.05, 0) is 42.7 Å². The molecule has 2 aromatic carbocycles. The Balaban J connectivity index is 1.61. The summed E-state index contributed by atoms with van der Waals surface area (Å²) in [6, 6.07) is 11.5. The van der Waals surface area contributed by atoms with Crippen LogP contribution in [0.4, 0.5) is 13.2 Å². The minimum atomic E-state index is -4.82. The molecule has 0 aliphatic carbocycles. The lowest BCUT2D eigenvalue weighted by Crippen LogP contribution is -2.46. The van der Waals surface area contributed by atoms with Gasteiger partial charge in [0.25, 0.3) is 0 Å². The number of aliphatic hydroxyl groups excluding tert-OH is 1. The molecule has 0 aromatic heterocycles. The third kappa shape index (κ3) is 5.75. The molecule has 1 aliphatic rings. The largest absolute Gasteiger partial charge is 0.573 e. The van der Waals surface area contributed by atoms with E-state index in [0.29, 0.717) is 12.8 Å². The zero-order chi connectivity index (χ0) is 22.6. The molecule has 2 atom stereocenters. The maximum atomic E-state index is 12.8. The lowest BCUT2D eigenvalue weighted by Gasteiger charge is -2.24. The van der Waals surface area contributed by atoms with Gasteiger partial charge in [0.15, 0.2) is 0 Å². The summed E-state index contributed by atoms with van der Waals surface area (Å²) in [4.78, 5) is 12.7. The number of carbonyl (C=O) groups excluding carboxylic acids is 1. The van der Waals surface area contributed by atoms with Gasteiger partial charge in [0.05, 0.1) is 11.0 Å². The third-order valence-electron chi connectivity index (χ3n) is 4.82. The first kappa shape index (κ1) is 23.0. The lowest BCUT2D eigenvalue weighted by molar-refractivity contribution is -0.274. The first-order chi connectivity index (χ1) is 14.6. The molecule has 2 unspecified atom stereocenters. The Kier molecular flexibility index (Phi) is 6.87.